The molecular formula is C18H22N4O6S2. The molecule has 162 valence electrons. The summed E-state index contributed by atoms with van der Waals surface area (Å²) >= 11 is 1.43. The number of nitrogens with one attached hydrogen (secondary N) is 3. The number of benzene rings is 1. The van der Waals surface area contributed by atoms with Crippen LogP contribution in [-0.4, -0.2) is 44.5 Å². The predicted molar refractivity (Wildman–Crippen MR) is 113 cm³/mol. The second-order valence-corrected chi connectivity index (χ2v) is 9.45. The summed E-state index contributed by atoms with van der Waals surface area (Å²) < 4.78 is 23.2. The van der Waals surface area contributed by atoms with Gasteiger partial charge < -0.3 is 16.0 Å². The summed E-state index contributed by atoms with van der Waals surface area (Å²) in [5.41, 5.74) is -0.218. The molecule has 1 aromatic heterocycles. The number of nitro groups is 1. The monoisotopic (exact) mass is 454 g/mol. The fourth-order valence-electron chi connectivity index (χ4n) is 2.66. The van der Waals surface area contributed by atoms with E-state index in [9.17, 15) is 28.1 Å². The molecule has 0 spiro atoms. The summed E-state index contributed by atoms with van der Waals surface area (Å²) in [6.07, 6.45) is 1.03. The van der Waals surface area contributed by atoms with Gasteiger partial charge in [-0.1, -0.05) is 6.07 Å². The van der Waals surface area contributed by atoms with E-state index in [0.717, 1.165) is 17.2 Å². The third kappa shape index (κ3) is 6.81. The van der Waals surface area contributed by atoms with Crippen molar-refractivity contribution in [2.45, 2.75) is 24.3 Å². The number of amides is 2. The maximum absolute atomic E-state index is 12.2. The SMILES string of the molecule is CC(=O)NC(CC(=O)NCCNc1ccc(S(C)(=O)=O)cc1[N+](=O)[O-])c1cccs1. The maximum Gasteiger partial charge on any atom is 0.293 e. The van der Waals surface area contributed by atoms with Crippen LogP contribution in [0.15, 0.2) is 40.6 Å². The zero-order chi connectivity index (χ0) is 22.3. The van der Waals surface area contributed by atoms with Gasteiger partial charge in [-0.25, -0.2) is 8.42 Å². The molecular weight excluding hydrogens is 432 g/mol. The Labute approximate surface area is 177 Å². The summed E-state index contributed by atoms with van der Waals surface area (Å²) in [4.78, 5) is 34.9. The largest absolute Gasteiger partial charge is 0.378 e. The van der Waals surface area contributed by atoms with Gasteiger partial charge in [0.15, 0.2) is 9.84 Å². The van der Waals surface area contributed by atoms with Crippen molar-refractivity contribution >= 4 is 44.4 Å². The van der Waals surface area contributed by atoms with E-state index in [1.165, 1.54) is 30.4 Å². The first-order chi connectivity index (χ1) is 14.1. The molecule has 12 heteroatoms. The molecule has 3 N–H and O–H groups in total. The van der Waals surface area contributed by atoms with Crippen LogP contribution in [0.5, 0.6) is 0 Å². The Hall–Kier alpha value is -2.99. The van der Waals surface area contributed by atoms with Crippen LogP contribution in [0.2, 0.25) is 0 Å². The van der Waals surface area contributed by atoms with E-state index < -0.39 is 20.8 Å². The van der Waals surface area contributed by atoms with Crippen LogP contribution in [0.25, 0.3) is 0 Å². The van der Waals surface area contributed by atoms with Crippen LogP contribution in [0.1, 0.15) is 24.3 Å². The molecule has 10 nitrogen and oxygen atoms in total. The Morgan fingerprint density at radius 3 is 2.53 bits per heavy atom. The summed E-state index contributed by atoms with van der Waals surface area (Å²) in [7, 11) is -3.57. The third-order valence-corrected chi connectivity index (χ3v) is 6.11. The van der Waals surface area contributed by atoms with Gasteiger partial charge in [0, 0.05) is 37.2 Å². The standard InChI is InChI=1S/C18H22N4O6S2/c1-12(23)21-15(17-4-3-9-29-17)11-18(24)20-8-7-19-14-6-5-13(30(2,27)28)10-16(14)22(25)26/h3-6,9-10,15,19H,7-8,11H2,1-2H3,(H,20,24)(H,21,23). The zero-order valence-corrected chi connectivity index (χ0v) is 18.0. The van der Waals surface area contributed by atoms with Crippen LogP contribution in [0.4, 0.5) is 11.4 Å². The van der Waals surface area contributed by atoms with Gasteiger partial charge >= 0.3 is 0 Å². The van der Waals surface area contributed by atoms with Gasteiger partial charge in [0.25, 0.3) is 5.69 Å². The minimum Gasteiger partial charge on any atom is -0.378 e. The molecule has 30 heavy (non-hydrogen) atoms. The second-order valence-electron chi connectivity index (χ2n) is 6.46. The van der Waals surface area contributed by atoms with E-state index in [1.54, 1.807) is 0 Å². The number of hydrogen-bond donors (Lipinski definition) is 3. The van der Waals surface area contributed by atoms with Crippen molar-refractivity contribution in [1.29, 1.82) is 0 Å². The highest BCUT2D eigenvalue weighted by Crippen LogP contribution is 2.27. The van der Waals surface area contributed by atoms with Crippen molar-refractivity contribution in [2.75, 3.05) is 24.7 Å². The molecule has 1 aromatic carbocycles. The molecule has 0 radical (unpaired) electrons. The van der Waals surface area contributed by atoms with Gasteiger partial charge in [0.1, 0.15) is 5.69 Å². The fourth-order valence-corrected chi connectivity index (χ4v) is 4.08. The van der Waals surface area contributed by atoms with Gasteiger partial charge in [-0.3, -0.25) is 19.7 Å². The molecule has 0 aliphatic heterocycles. The second kappa shape index (κ2) is 10.2. The molecule has 1 heterocycles. The van der Waals surface area contributed by atoms with Gasteiger partial charge in [0.2, 0.25) is 11.8 Å². The van der Waals surface area contributed by atoms with Crippen LogP contribution < -0.4 is 16.0 Å². The van der Waals surface area contributed by atoms with Crippen LogP contribution in [0, 0.1) is 10.1 Å². The van der Waals surface area contributed by atoms with E-state index in [2.05, 4.69) is 16.0 Å². The number of nitro benzene ring substituents is 1. The number of sulfone groups is 1. The summed E-state index contributed by atoms with van der Waals surface area (Å²) in [6.45, 7) is 1.75. The molecule has 0 saturated heterocycles. The highest BCUT2D eigenvalue weighted by Gasteiger charge is 2.19. The first-order valence-electron chi connectivity index (χ1n) is 8.87. The first-order valence-corrected chi connectivity index (χ1v) is 11.6. The van der Waals surface area contributed by atoms with Crippen molar-refractivity contribution in [2.24, 2.45) is 0 Å². The molecule has 1 unspecified atom stereocenters. The molecule has 2 rings (SSSR count). The first kappa shape index (κ1) is 23.3. The van der Waals surface area contributed by atoms with Crippen LogP contribution >= 0.6 is 11.3 Å². The number of carbonyl (C=O) groups excluding carboxylic acids is 2. The van der Waals surface area contributed by atoms with Crippen LogP contribution in [0.3, 0.4) is 0 Å². The molecule has 0 bridgehead atoms. The number of thiophene rings is 1. The molecule has 0 saturated carbocycles. The predicted octanol–water partition coefficient (Wildman–Crippen LogP) is 1.86. The lowest BCUT2D eigenvalue weighted by molar-refractivity contribution is -0.384. The van der Waals surface area contributed by atoms with Crippen molar-refractivity contribution in [3.05, 3.63) is 50.7 Å². The van der Waals surface area contributed by atoms with Gasteiger partial charge in [-0.05, 0) is 23.6 Å². The maximum atomic E-state index is 12.2. The summed E-state index contributed by atoms with van der Waals surface area (Å²) in [5, 5.41) is 21.3. The number of anilines is 1. The number of rotatable bonds is 10. The minimum absolute atomic E-state index is 0.0588. The van der Waals surface area contributed by atoms with Crippen molar-refractivity contribution < 1.29 is 22.9 Å². The van der Waals surface area contributed by atoms with Crippen molar-refractivity contribution in [3.8, 4) is 0 Å². The Balaban J connectivity index is 1.92. The minimum atomic E-state index is -3.57. The van der Waals surface area contributed by atoms with E-state index in [0.29, 0.717) is 0 Å². The number of carbonyl (C=O) groups is 2. The highest BCUT2D eigenvalue weighted by atomic mass is 32.2. The molecule has 2 aromatic rings. The number of nitrogens with zero attached hydrogens (tertiary/aromatic N) is 1. The van der Waals surface area contributed by atoms with Crippen molar-refractivity contribution in [3.63, 3.8) is 0 Å². The molecule has 0 aliphatic rings. The Kier molecular flexibility index (Phi) is 7.89. The van der Waals surface area contributed by atoms with Gasteiger partial charge in [-0.15, -0.1) is 11.3 Å². The van der Waals surface area contributed by atoms with E-state index in [4.69, 9.17) is 0 Å². The summed E-state index contributed by atoms with van der Waals surface area (Å²) in [5.74, 6) is -0.529. The van der Waals surface area contributed by atoms with Gasteiger partial charge in [-0.2, -0.15) is 0 Å². The zero-order valence-electron chi connectivity index (χ0n) is 16.4. The molecule has 0 aliphatic carbocycles. The lowest BCUT2D eigenvalue weighted by Crippen LogP contribution is -2.34. The summed E-state index contributed by atoms with van der Waals surface area (Å²) in [6, 6.07) is 6.83. The normalized spacial score (nSPS) is 12.1. The van der Waals surface area contributed by atoms with E-state index >= 15 is 0 Å². The third-order valence-electron chi connectivity index (χ3n) is 4.01. The molecule has 2 amide bonds. The smallest absolute Gasteiger partial charge is 0.293 e. The topological polar surface area (TPSA) is 148 Å². The number of hydrogen-bond acceptors (Lipinski definition) is 8. The molecule has 0 fully saturated rings. The quantitative estimate of drug-likeness (QED) is 0.282. The van der Waals surface area contributed by atoms with E-state index in [-0.39, 0.29) is 47.6 Å². The molecule has 1 atom stereocenters. The highest BCUT2D eigenvalue weighted by molar-refractivity contribution is 7.90. The lowest BCUT2D eigenvalue weighted by Gasteiger charge is -2.16. The fraction of sp³-hybridized carbons (Fsp3) is 0.333. The Bertz CT molecular complexity index is 1020. The van der Waals surface area contributed by atoms with Crippen LogP contribution in [-0.2, 0) is 19.4 Å². The Morgan fingerprint density at radius 1 is 1.23 bits per heavy atom. The van der Waals surface area contributed by atoms with E-state index in [1.807, 2.05) is 17.5 Å². The Morgan fingerprint density at radius 2 is 1.97 bits per heavy atom. The van der Waals surface area contributed by atoms with Gasteiger partial charge in [0.05, 0.1) is 22.3 Å². The lowest BCUT2D eigenvalue weighted by atomic mass is 10.1. The van der Waals surface area contributed by atoms with Crippen molar-refractivity contribution in [1.82, 2.24) is 10.6 Å². The average molecular weight is 455 g/mol. The average Bonchev–Trinajstić information content (AvgIpc) is 3.18.